The normalized spacial score (nSPS) is 30.6. The number of amides is 1. The van der Waals surface area contributed by atoms with Gasteiger partial charge in [-0.25, -0.2) is 0 Å². The van der Waals surface area contributed by atoms with Crippen molar-refractivity contribution < 1.29 is 9.53 Å². The van der Waals surface area contributed by atoms with Crippen LogP contribution in [-0.2, 0) is 9.53 Å². The summed E-state index contributed by atoms with van der Waals surface area (Å²) in [4.78, 5) is 17.0. The Morgan fingerprint density at radius 2 is 2.05 bits per heavy atom. The van der Waals surface area contributed by atoms with Crippen LogP contribution in [0.1, 0.15) is 25.7 Å². The summed E-state index contributed by atoms with van der Waals surface area (Å²) in [5.41, 5.74) is 0. The Hall–Kier alpha value is -0.300. The van der Waals surface area contributed by atoms with Crippen LogP contribution in [0.15, 0.2) is 0 Å². The number of carbonyl (C=O) groups is 1. The van der Waals surface area contributed by atoms with Crippen molar-refractivity contribution in [2.75, 3.05) is 57.4 Å². The van der Waals surface area contributed by atoms with Gasteiger partial charge >= 0.3 is 0 Å². The minimum Gasteiger partial charge on any atom is -0.377 e. The molecule has 6 heteroatoms. The molecule has 3 aliphatic rings. The van der Waals surface area contributed by atoms with Crippen LogP contribution in [0.25, 0.3) is 0 Å². The first-order valence-corrected chi connectivity index (χ1v) is 9.90. The molecular formula is C16H29N3O2S. The minimum atomic E-state index is 0.318. The van der Waals surface area contributed by atoms with Crippen molar-refractivity contribution in [1.82, 2.24) is 15.1 Å². The molecule has 3 rings (SSSR count). The second-order valence-electron chi connectivity index (χ2n) is 6.57. The third-order valence-electron chi connectivity index (χ3n) is 4.99. The summed E-state index contributed by atoms with van der Waals surface area (Å²) in [7, 11) is 0. The van der Waals surface area contributed by atoms with E-state index >= 15 is 0 Å². The van der Waals surface area contributed by atoms with Gasteiger partial charge in [0.25, 0.3) is 0 Å². The number of likely N-dealkylation sites (tertiary alicyclic amines) is 1. The zero-order chi connectivity index (χ0) is 15.2. The molecule has 3 fully saturated rings. The van der Waals surface area contributed by atoms with Crippen LogP contribution in [0, 0.1) is 0 Å². The number of ether oxygens (including phenoxy) is 1. The quantitative estimate of drug-likeness (QED) is 0.809. The molecular weight excluding hydrogens is 298 g/mol. The van der Waals surface area contributed by atoms with Crippen molar-refractivity contribution in [1.29, 1.82) is 0 Å². The lowest BCUT2D eigenvalue weighted by molar-refractivity contribution is -0.127. The number of nitrogens with one attached hydrogen (secondary N) is 1. The van der Waals surface area contributed by atoms with Gasteiger partial charge in [-0.1, -0.05) is 0 Å². The highest BCUT2D eigenvalue weighted by molar-refractivity contribution is 7.99. The van der Waals surface area contributed by atoms with Gasteiger partial charge in [0.15, 0.2) is 0 Å². The first kappa shape index (κ1) is 16.6. The summed E-state index contributed by atoms with van der Waals surface area (Å²) in [6, 6.07) is 0.581. The zero-order valence-corrected chi connectivity index (χ0v) is 14.3. The second kappa shape index (κ2) is 8.52. The third kappa shape index (κ3) is 4.60. The summed E-state index contributed by atoms with van der Waals surface area (Å²) in [6.07, 6.45) is 5.15. The smallest absolute Gasteiger partial charge is 0.232 e. The largest absolute Gasteiger partial charge is 0.377 e. The number of piperazine rings is 1. The van der Waals surface area contributed by atoms with E-state index in [9.17, 15) is 4.79 Å². The molecule has 0 aliphatic carbocycles. The fourth-order valence-corrected chi connectivity index (χ4v) is 4.62. The number of thioether (sulfide) groups is 1. The highest BCUT2D eigenvalue weighted by atomic mass is 32.2. The van der Waals surface area contributed by atoms with Crippen molar-refractivity contribution >= 4 is 17.7 Å². The van der Waals surface area contributed by atoms with Crippen molar-refractivity contribution in [3.63, 3.8) is 0 Å². The Morgan fingerprint density at radius 3 is 2.82 bits per heavy atom. The predicted molar refractivity (Wildman–Crippen MR) is 90.3 cm³/mol. The molecule has 0 spiro atoms. The maximum atomic E-state index is 12.3. The zero-order valence-electron chi connectivity index (χ0n) is 13.5. The van der Waals surface area contributed by atoms with Gasteiger partial charge in [0.1, 0.15) is 0 Å². The number of carbonyl (C=O) groups excluding carboxylic acids is 1. The van der Waals surface area contributed by atoms with Crippen LogP contribution in [0.3, 0.4) is 0 Å². The Bertz CT molecular complexity index is 357. The Labute approximate surface area is 138 Å². The van der Waals surface area contributed by atoms with Crippen molar-refractivity contribution in [3.8, 4) is 0 Å². The van der Waals surface area contributed by atoms with Gasteiger partial charge in [-0.3, -0.25) is 9.69 Å². The predicted octanol–water partition coefficient (Wildman–Crippen LogP) is 0.795. The first-order valence-electron chi connectivity index (χ1n) is 8.75. The first-order chi connectivity index (χ1) is 10.8. The van der Waals surface area contributed by atoms with E-state index in [0.717, 1.165) is 64.5 Å². The lowest BCUT2D eigenvalue weighted by Gasteiger charge is -2.32. The van der Waals surface area contributed by atoms with Crippen LogP contribution < -0.4 is 5.32 Å². The van der Waals surface area contributed by atoms with Gasteiger partial charge < -0.3 is 15.0 Å². The summed E-state index contributed by atoms with van der Waals surface area (Å²) < 4.78 is 5.72. The lowest BCUT2D eigenvalue weighted by Crippen LogP contribution is -2.49. The lowest BCUT2D eigenvalue weighted by atomic mass is 10.1. The summed E-state index contributed by atoms with van der Waals surface area (Å²) >= 11 is 1.75. The molecule has 2 atom stereocenters. The van der Waals surface area contributed by atoms with Crippen LogP contribution in [0.5, 0.6) is 0 Å². The maximum Gasteiger partial charge on any atom is 0.232 e. The molecule has 0 aromatic carbocycles. The number of hydrogen-bond acceptors (Lipinski definition) is 5. The summed E-state index contributed by atoms with van der Waals surface area (Å²) in [5, 5.41) is 3.39. The molecule has 1 amide bonds. The highest BCUT2D eigenvalue weighted by Crippen LogP contribution is 2.20. The molecule has 0 aromatic rings. The number of rotatable bonds is 5. The molecule has 3 aliphatic heterocycles. The minimum absolute atomic E-state index is 0.318. The van der Waals surface area contributed by atoms with Crippen molar-refractivity contribution in [2.45, 2.75) is 37.8 Å². The van der Waals surface area contributed by atoms with E-state index in [0.29, 0.717) is 23.8 Å². The monoisotopic (exact) mass is 327 g/mol. The SMILES string of the molecule is O=C(CSCC1CCCCO1)N1CCC(N2CCNCC2)C1. The van der Waals surface area contributed by atoms with Crippen LogP contribution >= 0.6 is 11.8 Å². The maximum absolute atomic E-state index is 12.3. The fraction of sp³-hybridized carbons (Fsp3) is 0.938. The van der Waals surface area contributed by atoms with E-state index in [1.165, 1.54) is 12.8 Å². The third-order valence-corrected chi connectivity index (χ3v) is 6.05. The second-order valence-corrected chi connectivity index (χ2v) is 7.60. The molecule has 0 bridgehead atoms. The van der Waals surface area contributed by atoms with Crippen LogP contribution in [0.4, 0.5) is 0 Å². The Balaban J connectivity index is 1.34. The van der Waals surface area contributed by atoms with Gasteiger partial charge in [0.2, 0.25) is 5.91 Å². The van der Waals surface area contributed by atoms with Gasteiger partial charge in [0.05, 0.1) is 11.9 Å². The van der Waals surface area contributed by atoms with Crippen LogP contribution in [-0.4, -0.2) is 85.2 Å². The topological polar surface area (TPSA) is 44.8 Å². The molecule has 126 valence electrons. The standard InChI is InChI=1S/C16H29N3O2S/c20-16(13-22-12-15-3-1-2-10-21-15)19-7-4-14(11-19)18-8-5-17-6-9-18/h14-15,17H,1-13H2. The van der Waals surface area contributed by atoms with E-state index in [1.54, 1.807) is 11.8 Å². The van der Waals surface area contributed by atoms with E-state index in [1.807, 2.05) is 0 Å². The molecule has 0 aromatic heterocycles. The van der Waals surface area contributed by atoms with Crippen LogP contribution in [0.2, 0.25) is 0 Å². The summed E-state index contributed by atoms with van der Waals surface area (Å²) in [6.45, 7) is 7.19. The van der Waals surface area contributed by atoms with E-state index in [2.05, 4.69) is 15.1 Å². The van der Waals surface area contributed by atoms with Gasteiger partial charge in [-0.2, -0.15) is 0 Å². The average molecular weight is 327 g/mol. The molecule has 2 unspecified atom stereocenters. The molecule has 3 heterocycles. The average Bonchev–Trinajstić information content (AvgIpc) is 3.07. The van der Waals surface area contributed by atoms with E-state index in [-0.39, 0.29) is 0 Å². The molecule has 5 nitrogen and oxygen atoms in total. The summed E-state index contributed by atoms with van der Waals surface area (Å²) in [5.74, 6) is 1.91. The molecule has 3 saturated heterocycles. The molecule has 0 radical (unpaired) electrons. The highest BCUT2D eigenvalue weighted by Gasteiger charge is 2.30. The number of nitrogens with zero attached hydrogens (tertiary/aromatic N) is 2. The van der Waals surface area contributed by atoms with Gasteiger partial charge in [0, 0.05) is 57.7 Å². The Kier molecular flexibility index (Phi) is 6.41. The van der Waals surface area contributed by atoms with Crippen molar-refractivity contribution in [2.24, 2.45) is 0 Å². The molecule has 0 saturated carbocycles. The van der Waals surface area contributed by atoms with Gasteiger partial charge in [-0.05, 0) is 25.7 Å². The van der Waals surface area contributed by atoms with Gasteiger partial charge in [-0.15, -0.1) is 11.8 Å². The van der Waals surface area contributed by atoms with Crippen molar-refractivity contribution in [3.05, 3.63) is 0 Å². The Morgan fingerprint density at radius 1 is 1.18 bits per heavy atom. The fourth-order valence-electron chi connectivity index (χ4n) is 3.62. The number of hydrogen-bond donors (Lipinski definition) is 1. The van der Waals surface area contributed by atoms with E-state index < -0.39 is 0 Å². The molecule has 22 heavy (non-hydrogen) atoms. The van der Waals surface area contributed by atoms with E-state index in [4.69, 9.17) is 4.74 Å². The molecule has 1 N–H and O–H groups in total.